The Bertz CT molecular complexity index is 474. The van der Waals surface area contributed by atoms with E-state index in [1.54, 1.807) is 16.2 Å². The minimum absolute atomic E-state index is 0.0420. The molecule has 0 radical (unpaired) electrons. The summed E-state index contributed by atoms with van der Waals surface area (Å²) in [6.07, 6.45) is 1.25. The first kappa shape index (κ1) is 17.4. The molecule has 21 heavy (non-hydrogen) atoms. The molecule has 0 aromatic carbocycles. The predicted octanol–water partition coefficient (Wildman–Crippen LogP) is 2.28. The molecule has 1 aromatic heterocycles. The molecule has 0 saturated heterocycles. The van der Waals surface area contributed by atoms with Gasteiger partial charge in [0.25, 0.3) is 0 Å². The maximum atomic E-state index is 12.1. The van der Waals surface area contributed by atoms with E-state index in [4.69, 9.17) is 5.11 Å². The van der Waals surface area contributed by atoms with Gasteiger partial charge in [0.05, 0.1) is 10.7 Å². The Morgan fingerprint density at radius 2 is 2.19 bits per heavy atom. The summed E-state index contributed by atoms with van der Waals surface area (Å²) in [5, 5.41) is 14.5. The van der Waals surface area contributed by atoms with E-state index < -0.39 is 5.97 Å². The number of thiazole rings is 1. The van der Waals surface area contributed by atoms with Crippen LogP contribution in [0.15, 0.2) is 5.38 Å². The molecule has 6 nitrogen and oxygen atoms in total. The molecule has 0 atom stereocenters. The van der Waals surface area contributed by atoms with Crippen molar-refractivity contribution in [2.45, 2.75) is 46.1 Å². The molecule has 2 N–H and O–H groups in total. The number of aromatic nitrogens is 1. The van der Waals surface area contributed by atoms with E-state index in [9.17, 15) is 9.59 Å². The van der Waals surface area contributed by atoms with Crippen molar-refractivity contribution in [1.29, 1.82) is 0 Å². The van der Waals surface area contributed by atoms with Gasteiger partial charge in [0.1, 0.15) is 0 Å². The van der Waals surface area contributed by atoms with Gasteiger partial charge in [0, 0.05) is 37.4 Å². The van der Waals surface area contributed by atoms with Crippen molar-refractivity contribution in [2.75, 3.05) is 13.1 Å². The summed E-state index contributed by atoms with van der Waals surface area (Å²) in [5.41, 5.74) is 0.986. The van der Waals surface area contributed by atoms with Crippen LogP contribution in [0, 0.1) is 6.92 Å². The average molecular weight is 313 g/mol. The number of aliphatic carboxylic acids is 1. The lowest BCUT2D eigenvalue weighted by Crippen LogP contribution is -2.45. The van der Waals surface area contributed by atoms with E-state index in [0.717, 1.165) is 10.7 Å². The first-order valence-corrected chi connectivity index (χ1v) is 7.95. The molecule has 0 fully saturated rings. The van der Waals surface area contributed by atoms with E-state index in [-0.39, 0.29) is 18.5 Å². The molecule has 0 aliphatic carbocycles. The van der Waals surface area contributed by atoms with E-state index in [1.807, 2.05) is 26.2 Å². The highest BCUT2D eigenvalue weighted by Gasteiger charge is 2.16. The Labute approximate surface area is 129 Å². The van der Waals surface area contributed by atoms with Crippen molar-refractivity contribution in [3.8, 4) is 0 Å². The molecular weight excluding hydrogens is 290 g/mol. The number of rotatable bonds is 8. The van der Waals surface area contributed by atoms with Crippen LogP contribution < -0.4 is 5.32 Å². The van der Waals surface area contributed by atoms with Gasteiger partial charge in [0.15, 0.2) is 0 Å². The molecular formula is C14H23N3O3S. The lowest BCUT2D eigenvalue weighted by molar-refractivity contribution is -0.137. The fourth-order valence-electron chi connectivity index (χ4n) is 1.92. The maximum Gasteiger partial charge on any atom is 0.317 e. The minimum atomic E-state index is -0.835. The third-order valence-electron chi connectivity index (χ3n) is 3.00. The van der Waals surface area contributed by atoms with Crippen molar-refractivity contribution >= 4 is 23.3 Å². The Morgan fingerprint density at radius 1 is 1.48 bits per heavy atom. The van der Waals surface area contributed by atoms with Crippen LogP contribution in [0.25, 0.3) is 0 Å². The summed E-state index contributed by atoms with van der Waals surface area (Å²) in [7, 11) is 0. The highest BCUT2D eigenvalue weighted by Crippen LogP contribution is 2.08. The molecule has 0 bridgehead atoms. The van der Waals surface area contributed by atoms with Crippen LogP contribution in [-0.2, 0) is 11.2 Å². The molecule has 0 spiro atoms. The largest absolute Gasteiger partial charge is 0.481 e. The van der Waals surface area contributed by atoms with Gasteiger partial charge in [0.2, 0.25) is 0 Å². The number of urea groups is 1. The van der Waals surface area contributed by atoms with Gasteiger partial charge in [-0.05, 0) is 27.2 Å². The molecule has 2 amide bonds. The molecule has 1 heterocycles. The zero-order chi connectivity index (χ0) is 15.8. The van der Waals surface area contributed by atoms with Gasteiger partial charge < -0.3 is 15.3 Å². The quantitative estimate of drug-likeness (QED) is 0.771. The Hall–Kier alpha value is -1.63. The first-order valence-electron chi connectivity index (χ1n) is 7.07. The zero-order valence-corrected chi connectivity index (χ0v) is 13.6. The van der Waals surface area contributed by atoms with Crippen LogP contribution in [0.5, 0.6) is 0 Å². The Balaban J connectivity index is 2.36. The lowest BCUT2D eigenvalue weighted by Gasteiger charge is -2.26. The number of aryl methyl sites for hydroxylation is 1. The highest BCUT2D eigenvalue weighted by atomic mass is 32.1. The number of carboxylic acids is 1. The number of hydrogen-bond acceptors (Lipinski definition) is 4. The number of nitrogens with zero attached hydrogens (tertiary/aromatic N) is 2. The normalized spacial score (nSPS) is 10.7. The molecule has 0 aliphatic heterocycles. The van der Waals surface area contributed by atoms with Crippen molar-refractivity contribution in [3.05, 3.63) is 16.1 Å². The van der Waals surface area contributed by atoms with Crippen LogP contribution in [0.2, 0.25) is 0 Å². The number of amides is 2. The van der Waals surface area contributed by atoms with Crippen molar-refractivity contribution in [2.24, 2.45) is 0 Å². The number of nitrogens with one attached hydrogen (secondary N) is 1. The number of hydrogen-bond donors (Lipinski definition) is 2. The SMILES string of the molecule is Cc1nc(CCNC(=O)N(CCCC(=O)O)C(C)C)cs1. The smallest absolute Gasteiger partial charge is 0.317 e. The van der Waals surface area contributed by atoms with Gasteiger partial charge >= 0.3 is 12.0 Å². The van der Waals surface area contributed by atoms with E-state index >= 15 is 0 Å². The van der Waals surface area contributed by atoms with Gasteiger partial charge in [-0.25, -0.2) is 9.78 Å². The lowest BCUT2D eigenvalue weighted by atomic mass is 10.2. The number of carboxylic acid groups (broad SMARTS) is 1. The summed E-state index contributed by atoms with van der Waals surface area (Å²) >= 11 is 1.60. The van der Waals surface area contributed by atoms with Crippen LogP contribution in [0.1, 0.15) is 37.4 Å². The molecule has 0 unspecified atom stereocenters. The highest BCUT2D eigenvalue weighted by molar-refractivity contribution is 7.09. The standard InChI is InChI=1S/C14H23N3O3S/c1-10(2)17(8-4-5-13(18)19)14(20)15-7-6-12-9-21-11(3)16-12/h9-10H,4-8H2,1-3H3,(H,15,20)(H,18,19). The van der Waals surface area contributed by atoms with Gasteiger partial charge in [-0.15, -0.1) is 11.3 Å². The minimum Gasteiger partial charge on any atom is -0.481 e. The predicted molar refractivity (Wildman–Crippen MR) is 82.7 cm³/mol. The van der Waals surface area contributed by atoms with Crippen LogP contribution >= 0.6 is 11.3 Å². The van der Waals surface area contributed by atoms with Gasteiger partial charge in [-0.2, -0.15) is 0 Å². The molecule has 118 valence electrons. The van der Waals surface area contributed by atoms with Crippen LogP contribution in [0.4, 0.5) is 4.79 Å². The van der Waals surface area contributed by atoms with Crippen molar-refractivity contribution in [3.63, 3.8) is 0 Å². The summed E-state index contributed by atoms with van der Waals surface area (Å²) < 4.78 is 0. The molecule has 7 heteroatoms. The van der Waals surface area contributed by atoms with Crippen molar-refractivity contribution < 1.29 is 14.7 Å². The van der Waals surface area contributed by atoms with E-state index in [1.165, 1.54) is 0 Å². The third kappa shape index (κ3) is 6.57. The fraction of sp³-hybridized carbons (Fsp3) is 0.643. The average Bonchev–Trinajstić information content (AvgIpc) is 2.79. The van der Waals surface area contributed by atoms with Crippen LogP contribution in [-0.4, -0.2) is 46.1 Å². The summed E-state index contributed by atoms with van der Waals surface area (Å²) in [5.74, 6) is -0.835. The Kier molecular flexibility index (Phi) is 7.14. The van der Waals surface area contributed by atoms with Gasteiger partial charge in [-0.1, -0.05) is 0 Å². The molecule has 1 rings (SSSR count). The van der Waals surface area contributed by atoms with Crippen molar-refractivity contribution in [1.82, 2.24) is 15.2 Å². The molecule has 0 aliphatic rings. The van der Waals surface area contributed by atoms with E-state index in [0.29, 0.717) is 25.9 Å². The second-order valence-electron chi connectivity index (χ2n) is 5.12. The summed E-state index contributed by atoms with van der Waals surface area (Å²) in [6.45, 7) is 6.78. The fourth-order valence-corrected chi connectivity index (χ4v) is 2.56. The monoisotopic (exact) mass is 313 g/mol. The third-order valence-corrected chi connectivity index (χ3v) is 3.82. The summed E-state index contributed by atoms with van der Waals surface area (Å²) in [6, 6.07) is -0.109. The molecule has 0 saturated carbocycles. The topological polar surface area (TPSA) is 82.5 Å². The Morgan fingerprint density at radius 3 is 2.71 bits per heavy atom. The second-order valence-corrected chi connectivity index (χ2v) is 6.19. The summed E-state index contributed by atoms with van der Waals surface area (Å²) in [4.78, 5) is 28.6. The maximum absolute atomic E-state index is 12.1. The van der Waals surface area contributed by atoms with Gasteiger partial charge in [-0.3, -0.25) is 4.79 Å². The molecule has 1 aromatic rings. The second kappa shape index (κ2) is 8.61. The number of carbonyl (C=O) groups excluding carboxylic acids is 1. The first-order chi connectivity index (χ1) is 9.90. The zero-order valence-electron chi connectivity index (χ0n) is 12.8. The number of carbonyl (C=O) groups is 2. The van der Waals surface area contributed by atoms with E-state index in [2.05, 4.69) is 10.3 Å². The van der Waals surface area contributed by atoms with Crippen LogP contribution in [0.3, 0.4) is 0 Å².